The fourth-order valence-electron chi connectivity index (χ4n) is 3.15. The topological polar surface area (TPSA) is 71.5 Å². The number of aromatic nitrogens is 1. The van der Waals surface area contributed by atoms with Crippen LogP contribution in [0, 0.1) is 19.8 Å². The molecule has 0 bridgehead atoms. The van der Waals surface area contributed by atoms with Gasteiger partial charge in [0.05, 0.1) is 0 Å². The molecule has 1 aliphatic heterocycles. The van der Waals surface area contributed by atoms with Crippen molar-refractivity contribution in [2.75, 3.05) is 19.6 Å². The smallest absolute Gasteiger partial charge is 0.410 e. The molecule has 0 atom stereocenters. The van der Waals surface area contributed by atoms with Gasteiger partial charge in [-0.15, -0.1) is 0 Å². The molecule has 148 valence electrons. The second kappa shape index (κ2) is 9.06. The second-order valence-corrected chi connectivity index (χ2v) is 7.47. The predicted octanol–water partition coefficient (Wildman–Crippen LogP) is 3.99. The molecule has 0 unspecified atom stereocenters. The van der Waals surface area contributed by atoms with Crippen molar-refractivity contribution >= 4 is 23.6 Å². The fourth-order valence-corrected chi connectivity index (χ4v) is 3.27. The minimum atomic E-state index is -0.336. The van der Waals surface area contributed by atoms with Gasteiger partial charge in [-0.2, -0.15) is 0 Å². The van der Waals surface area contributed by atoms with E-state index in [1.807, 2.05) is 13.8 Å². The zero-order chi connectivity index (χ0) is 20.1. The van der Waals surface area contributed by atoms with Crippen LogP contribution >= 0.6 is 11.6 Å². The lowest BCUT2D eigenvalue weighted by Crippen LogP contribution is -2.42. The van der Waals surface area contributed by atoms with Crippen molar-refractivity contribution in [3.63, 3.8) is 0 Å². The number of halogens is 1. The second-order valence-electron chi connectivity index (χ2n) is 7.03. The van der Waals surface area contributed by atoms with Gasteiger partial charge in [-0.3, -0.25) is 9.78 Å². The number of amides is 2. The summed E-state index contributed by atoms with van der Waals surface area (Å²) >= 11 is 5.84. The molecule has 0 aliphatic carbocycles. The molecule has 1 fully saturated rings. The van der Waals surface area contributed by atoms with Gasteiger partial charge in [-0.05, 0) is 62.9 Å². The molecule has 0 radical (unpaired) electrons. The highest BCUT2D eigenvalue weighted by Gasteiger charge is 2.25. The third-order valence-electron chi connectivity index (χ3n) is 5.13. The van der Waals surface area contributed by atoms with Gasteiger partial charge in [0.2, 0.25) is 0 Å². The van der Waals surface area contributed by atoms with E-state index in [0.717, 1.165) is 24.1 Å². The third-order valence-corrected chi connectivity index (χ3v) is 5.39. The molecule has 2 aromatic rings. The van der Waals surface area contributed by atoms with Crippen LogP contribution in [0.4, 0.5) is 4.79 Å². The quantitative estimate of drug-likeness (QED) is 0.840. The molecule has 2 heterocycles. The molecule has 1 N–H and O–H groups in total. The first-order valence-corrected chi connectivity index (χ1v) is 9.74. The first kappa shape index (κ1) is 20.1. The number of aryl methyl sites for hydroxylation is 1. The van der Waals surface area contributed by atoms with E-state index < -0.39 is 0 Å². The minimum Gasteiger partial charge on any atom is -0.410 e. The van der Waals surface area contributed by atoms with Crippen LogP contribution < -0.4 is 10.1 Å². The molecule has 0 saturated carbocycles. The Morgan fingerprint density at radius 2 is 1.86 bits per heavy atom. The Hall–Kier alpha value is -2.60. The summed E-state index contributed by atoms with van der Waals surface area (Å²) in [4.78, 5) is 30.5. The molecule has 1 aromatic heterocycles. The van der Waals surface area contributed by atoms with Crippen LogP contribution in [0.3, 0.4) is 0 Å². The molecule has 6 nitrogen and oxygen atoms in total. The van der Waals surface area contributed by atoms with Crippen molar-refractivity contribution in [1.82, 2.24) is 15.2 Å². The number of hydrogen-bond acceptors (Lipinski definition) is 4. The number of carbonyl (C=O) groups is 2. The Balaban J connectivity index is 1.45. The van der Waals surface area contributed by atoms with E-state index in [1.165, 1.54) is 0 Å². The number of likely N-dealkylation sites (tertiary alicyclic amines) is 1. The van der Waals surface area contributed by atoms with E-state index in [-0.39, 0.29) is 12.0 Å². The molecule has 1 aliphatic rings. The van der Waals surface area contributed by atoms with Gasteiger partial charge < -0.3 is 15.0 Å². The van der Waals surface area contributed by atoms with Gasteiger partial charge in [0.1, 0.15) is 5.75 Å². The molecule has 28 heavy (non-hydrogen) atoms. The highest BCUT2D eigenvalue weighted by Crippen LogP contribution is 2.22. The number of rotatable bonds is 4. The van der Waals surface area contributed by atoms with Crippen LogP contribution in [-0.2, 0) is 0 Å². The van der Waals surface area contributed by atoms with Gasteiger partial charge in [-0.25, -0.2) is 4.79 Å². The van der Waals surface area contributed by atoms with Crippen LogP contribution in [-0.4, -0.2) is 41.5 Å². The van der Waals surface area contributed by atoms with Crippen LogP contribution in [0.1, 0.15) is 34.5 Å². The van der Waals surface area contributed by atoms with E-state index >= 15 is 0 Å². The van der Waals surface area contributed by atoms with Crippen molar-refractivity contribution < 1.29 is 14.3 Å². The van der Waals surface area contributed by atoms with E-state index in [1.54, 1.807) is 41.4 Å². The number of nitrogens with zero attached hydrogens (tertiary/aromatic N) is 2. The molecule has 1 saturated heterocycles. The average Bonchev–Trinajstić information content (AvgIpc) is 2.70. The maximum atomic E-state index is 12.4. The number of benzene rings is 1. The summed E-state index contributed by atoms with van der Waals surface area (Å²) in [6.45, 7) is 5.59. The van der Waals surface area contributed by atoms with Crippen molar-refractivity contribution in [1.29, 1.82) is 0 Å². The minimum absolute atomic E-state index is 0.109. The number of nitrogens with one attached hydrogen (secondary N) is 1. The zero-order valence-corrected chi connectivity index (χ0v) is 16.8. The van der Waals surface area contributed by atoms with Gasteiger partial charge >= 0.3 is 6.09 Å². The van der Waals surface area contributed by atoms with Crippen molar-refractivity contribution in [2.45, 2.75) is 26.7 Å². The van der Waals surface area contributed by atoms with Gasteiger partial charge in [0.15, 0.2) is 0 Å². The lowest BCUT2D eigenvalue weighted by Gasteiger charge is -2.31. The maximum absolute atomic E-state index is 12.4. The van der Waals surface area contributed by atoms with E-state index in [0.29, 0.717) is 41.9 Å². The Kier molecular flexibility index (Phi) is 6.52. The summed E-state index contributed by atoms with van der Waals surface area (Å²) in [7, 11) is 0. The van der Waals surface area contributed by atoms with Crippen molar-refractivity contribution in [2.24, 2.45) is 5.92 Å². The van der Waals surface area contributed by atoms with Crippen LogP contribution in [0.15, 0.2) is 36.5 Å². The number of ether oxygens (including phenoxy) is 1. The third kappa shape index (κ3) is 5.01. The lowest BCUT2D eigenvalue weighted by atomic mass is 9.97. The summed E-state index contributed by atoms with van der Waals surface area (Å²) in [5, 5.41) is 3.57. The Bertz CT molecular complexity index is 846. The molecule has 0 spiro atoms. The average molecular weight is 402 g/mol. The van der Waals surface area contributed by atoms with Crippen LogP contribution in [0.2, 0.25) is 5.02 Å². The number of carbonyl (C=O) groups excluding carboxylic acids is 2. The number of hydrogen-bond donors (Lipinski definition) is 1. The predicted molar refractivity (Wildman–Crippen MR) is 108 cm³/mol. The van der Waals surface area contributed by atoms with Crippen LogP contribution in [0.5, 0.6) is 5.75 Å². The molecule has 1 aromatic carbocycles. The monoisotopic (exact) mass is 401 g/mol. The largest absolute Gasteiger partial charge is 0.415 e. The highest BCUT2D eigenvalue weighted by atomic mass is 35.5. The molecule has 3 rings (SSSR count). The molecule has 2 amide bonds. The zero-order valence-electron chi connectivity index (χ0n) is 16.1. The van der Waals surface area contributed by atoms with Crippen molar-refractivity contribution in [3.8, 4) is 5.75 Å². The van der Waals surface area contributed by atoms with E-state index in [9.17, 15) is 9.59 Å². The van der Waals surface area contributed by atoms with Crippen LogP contribution in [0.25, 0.3) is 0 Å². The lowest BCUT2D eigenvalue weighted by molar-refractivity contribution is 0.0931. The number of pyridine rings is 1. The Labute approximate surface area is 169 Å². The standard InChI is InChI=1S/C21H24ClN3O3/c1-14-15(2)23-10-7-19(14)28-21(27)25-11-8-16(9-12-25)13-24-20(26)17-3-5-18(22)6-4-17/h3-7,10,16H,8-9,11-13H2,1-2H3,(H,24,26). The summed E-state index contributed by atoms with van der Waals surface area (Å²) < 4.78 is 5.53. The maximum Gasteiger partial charge on any atom is 0.415 e. The molecule has 7 heteroatoms. The Morgan fingerprint density at radius 1 is 1.18 bits per heavy atom. The van der Waals surface area contributed by atoms with Crippen molar-refractivity contribution in [3.05, 3.63) is 58.4 Å². The van der Waals surface area contributed by atoms with Gasteiger partial charge in [-0.1, -0.05) is 11.6 Å². The van der Waals surface area contributed by atoms with E-state index in [2.05, 4.69) is 10.3 Å². The first-order chi connectivity index (χ1) is 13.4. The number of piperidine rings is 1. The highest BCUT2D eigenvalue weighted by molar-refractivity contribution is 6.30. The summed E-state index contributed by atoms with van der Waals surface area (Å²) in [6, 6.07) is 8.52. The van der Waals surface area contributed by atoms with Gasteiger partial charge in [0.25, 0.3) is 5.91 Å². The van der Waals surface area contributed by atoms with E-state index in [4.69, 9.17) is 16.3 Å². The SMILES string of the molecule is Cc1nccc(OC(=O)N2CCC(CNC(=O)c3ccc(Cl)cc3)CC2)c1C. The normalized spacial score (nSPS) is 14.6. The first-order valence-electron chi connectivity index (χ1n) is 9.37. The summed E-state index contributed by atoms with van der Waals surface area (Å²) in [5.41, 5.74) is 2.31. The molecular weight excluding hydrogens is 378 g/mol. The molecular formula is C21H24ClN3O3. The fraction of sp³-hybridized carbons (Fsp3) is 0.381. The summed E-state index contributed by atoms with van der Waals surface area (Å²) in [6.07, 6.45) is 2.95. The van der Waals surface area contributed by atoms with Gasteiger partial charge in [0, 0.05) is 47.7 Å². The Morgan fingerprint density at radius 3 is 2.54 bits per heavy atom. The summed E-state index contributed by atoms with van der Waals surface area (Å²) in [5.74, 6) is 0.780.